The van der Waals surface area contributed by atoms with Crippen LogP contribution in [0.1, 0.15) is 12.0 Å². The highest BCUT2D eigenvalue weighted by Gasteiger charge is 2.28. The number of aromatic amines is 1. The number of aromatic nitrogens is 2. The van der Waals surface area contributed by atoms with Gasteiger partial charge in [0.2, 0.25) is 15.9 Å². The molecule has 7 nitrogen and oxygen atoms in total. The standard InChI is InChI=1S/C18H17ClN4O3S/c19-13-4-2-12(3-5-13)10-17(24)20-18-15-11-14(6-7-16(15)21-22-18)23-8-1-9-27(23,25)26/h2-7,11H,1,8-10H2,(H2,20,21,22,24). The van der Waals surface area contributed by atoms with Crippen molar-refractivity contribution in [3.63, 3.8) is 0 Å². The molecule has 3 aromatic rings. The number of benzene rings is 2. The molecule has 27 heavy (non-hydrogen) atoms. The van der Waals surface area contributed by atoms with Crippen LogP contribution < -0.4 is 9.62 Å². The highest BCUT2D eigenvalue weighted by molar-refractivity contribution is 7.93. The molecule has 1 fully saturated rings. The zero-order chi connectivity index (χ0) is 19.0. The van der Waals surface area contributed by atoms with Gasteiger partial charge in [-0.3, -0.25) is 14.2 Å². The molecule has 0 unspecified atom stereocenters. The van der Waals surface area contributed by atoms with Crippen LogP contribution in [0.2, 0.25) is 5.02 Å². The number of amides is 1. The molecule has 0 atom stereocenters. The fraction of sp³-hybridized carbons (Fsp3) is 0.222. The van der Waals surface area contributed by atoms with Crippen LogP contribution in [0.15, 0.2) is 42.5 Å². The van der Waals surface area contributed by atoms with Gasteiger partial charge >= 0.3 is 0 Å². The van der Waals surface area contributed by atoms with Gasteiger partial charge in [-0.25, -0.2) is 8.42 Å². The van der Waals surface area contributed by atoms with Crippen molar-refractivity contribution in [3.05, 3.63) is 53.1 Å². The zero-order valence-corrected chi connectivity index (χ0v) is 15.8. The summed E-state index contributed by atoms with van der Waals surface area (Å²) in [6.07, 6.45) is 0.794. The molecule has 140 valence electrons. The summed E-state index contributed by atoms with van der Waals surface area (Å²) in [7, 11) is -3.27. The summed E-state index contributed by atoms with van der Waals surface area (Å²) in [6.45, 7) is 0.462. The summed E-state index contributed by atoms with van der Waals surface area (Å²) in [6, 6.07) is 12.3. The van der Waals surface area contributed by atoms with E-state index in [9.17, 15) is 13.2 Å². The molecule has 0 bridgehead atoms. The van der Waals surface area contributed by atoms with Gasteiger partial charge in [-0.2, -0.15) is 5.10 Å². The topological polar surface area (TPSA) is 95.2 Å². The Morgan fingerprint density at radius 1 is 1.22 bits per heavy atom. The first-order valence-electron chi connectivity index (χ1n) is 8.45. The van der Waals surface area contributed by atoms with Crippen LogP contribution in [0.25, 0.3) is 10.9 Å². The lowest BCUT2D eigenvalue weighted by Crippen LogP contribution is -2.24. The number of carbonyl (C=O) groups excluding carboxylic acids is 1. The Labute approximate surface area is 161 Å². The van der Waals surface area contributed by atoms with Gasteiger partial charge in [-0.15, -0.1) is 0 Å². The van der Waals surface area contributed by atoms with Crippen molar-refractivity contribution in [3.8, 4) is 0 Å². The average molecular weight is 405 g/mol. The van der Waals surface area contributed by atoms with Gasteiger partial charge in [0.25, 0.3) is 0 Å². The van der Waals surface area contributed by atoms with Gasteiger partial charge in [0, 0.05) is 17.0 Å². The SMILES string of the molecule is O=C(Cc1ccc(Cl)cc1)Nc1n[nH]c2ccc(N3CCCS3(=O)=O)cc12. The Bertz CT molecular complexity index is 1110. The number of rotatable bonds is 4. The lowest BCUT2D eigenvalue weighted by atomic mass is 10.1. The van der Waals surface area contributed by atoms with E-state index >= 15 is 0 Å². The maximum atomic E-state index is 12.3. The Morgan fingerprint density at radius 3 is 2.70 bits per heavy atom. The Hall–Kier alpha value is -2.58. The monoisotopic (exact) mass is 404 g/mol. The molecule has 0 spiro atoms. The van der Waals surface area contributed by atoms with Crippen LogP contribution in [0.3, 0.4) is 0 Å². The molecule has 0 saturated carbocycles. The first-order chi connectivity index (χ1) is 12.9. The third-order valence-electron chi connectivity index (χ3n) is 4.47. The van der Waals surface area contributed by atoms with Crippen LogP contribution in [0, 0.1) is 0 Å². The number of carbonyl (C=O) groups is 1. The van der Waals surface area contributed by atoms with Gasteiger partial charge in [0.05, 0.1) is 23.4 Å². The fourth-order valence-corrected chi connectivity index (χ4v) is 4.83. The smallest absolute Gasteiger partial charge is 0.235 e. The van der Waals surface area contributed by atoms with Crippen molar-refractivity contribution in [2.24, 2.45) is 0 Å². The third-order valence-corrected chi connectivity index (χ3v) is 6.59. The zero-order valence-electron chi connectivity index (χ0n) is 14.3. The predicted octanol–water partition coefficient (Wildman–Crippen LogP) is 2.94. The number of anilines is 2. The Kier molecular flexibility index (Phi) is 4.53. The van der Waals surface area contributed by atoms with E-state index in [-0.39, 0.29) is 18.1 Å². The van der Waals surface area contributed by atoms with E-state index < -0.39 is 10.0 Å². The minimum atomic E-state index is -3.27. The van der Waals surface area contributed by atoms with Crippen molar-refractivity contribution >= 4 is 49.9 Å². The Morgan fingerprint density at radius 2 is 2.00 bits per heavy atom. The van der Waals surface area contributed by atoms with Gasteiger partial charge in [0.15, 0.2) is 5.82 Å². The van der Waals surface area contributed by atoms with Crippen molar-refractivity contribution in [2.45, 2.75) is 12.8 Å². The van der Waals surface area contributed by atoms with Crippen LogP contribution in [-0.2, 0) is 21.2 Å². The van der Waals surface area contributed by atoms with Crippen LogP contribution in [0.4, 0.5) is 11.5 Å². The molecular formula is C18H17ClN4O3S. The minimum absolute atomic E-state index is 0.154. The van der Waals surface area contributed by atoms with E-state index in [1.807, 2.05) is 0 Å². The highest BCUT2D eigenvalue weighted by Crippen LogP contribution is 2.30. The second-order valence-electron chi connectivity index (χ2n) is 6.40. The largest absolute Gasteiger partial charge is 0.308 e. The molecule has 1 aliphatic rings. The van der Waals surface area contributed by atoms with Gasteiger partial charge < -0.3 is 5.32 Å². The van der Waals surface area contributed by atoms with E-state index in [0.717, 1.165) is 11.1 Å². The molecule has 2 N–H and O–H groups in total. The second-order valence-corrected chi connectivity index (χ2v) is 8.84. The second kappa shape index (κ2) is 6.86. The molecule has 0 aliphatic carbocycles. The summed E-state index contributed by atoms with van der Waals surface area (Å²) >= 11 is 5.86. The number of H-pyrrole nitrogens is 1. The van der Waals surface area contributed by atoms with Crippen LogP contribution in [-0.4, -0.2) is 36.8 Å². The molecule has 1 saturated heterocycles. The minimum Gasteiger partial charge on any atom is -0.308 e. The molecule has 2 heterocycles. The van der Waals surface area contributed by atoms with Crippen LogP contribution >= 0.6 is 11.6 Å². The van der Waals surface area contributed by atoms with E-state index in [1.165, 1.54) is 4.31 Å². The van der Waals surface area contributed by atoms with Crippen LogP contribution in [0.5, 0.6) is 0 Å². The summed E-state index contributed by atoms with van der Waals surface area (Å²) in [5, 5.41) is 11.1. The average Bonchev–Trinajstić information content (AvgIpc) is 3.19. The van der Waals surface area contributed by atoms with Crippen molar-refractivity contribution in [1.29, 1.82) is 0 Å². The van der Waals surface area contributed by atoms with E-state index in [4.69, 9.17) is 11.6 Å². The molecule has 2 aromatic carbocycles. The number of halogens is 1. The fourth-order valence-electron chi connectivity index (χ4n) is 3.15. The van der Waals surface area contributed by atoms with Gasteiger partial charge in [0.1, 0.15) is 0 Å². The van der Waals surface area contributed by atoms with Gasteiger partial charge in [-0.1, -0.05) is 23.7 Å². The number of hydrogen-bond donors (Lipinski definition) is 2. The summed E-state index contributed by atoms with van der Waals surface area (Å²) < 4.78 is 25.7. The summed E-state index contributed by atoms with van der Waals surface area (Å²) in [5.74, 6) is 0.313. The highest BCUT2D eigenvalue weighted by atomic mass is 35.5. The lowest BCUT2D eigenvalue weighted by molar-refractivity contribution is -0.115. The molecule has 1 amide bonds. The maximum Gasteiger partial charge on any atom is 0.235 e. The lowest BCUT2D eigenvalue weighted by Gasteiger charge is -2.16. The van der Waals surface area contributed by atoms with E-state index in [0.29, 0.717) is 34.9 Å². The summed E-state index contributed by atoms with van der Waals surface area (Å²) in [4.78, 5) is 12.3. The first-order valence-corrected chi connectivity index (χ1v) is 10.4. The molecule has 9 heteroatoms. The van der Waals surface area contributed by atoms with Gasteiger partial charge in [-0.05, 0) is 42.3 Å². The van der Waals surface area contributed by atoms with Crippen molar-refractivity contribution < 1.29 is 13.2 Å². The number of sulfonamides is 1. The first kappa shape index (κ1) is 17.8. The normalized spacial score (nSPS) is 16.0. The predicted molar refractivity (Wildman–Crippen MR) is 106 cm³/mol. The van der Waals surface area contributed by atoms with Crippen molar-refractivity contribution in [1.82, 2.24) is 10.2 Å². The molecule has 4 rings (SSSR count). The number of fused-ring (bicyclic) bond motifs is 1. The quantitative estimate of drug-likeness (QED) is 0.698. The third kappa shape index (κ3) is 3.63. The molecular weight excluding hydrogens is 388 g/mol. The van der Waals surface area contributed by atoms with E-state index in [1.54, 1.807) is 42.5 Å². The molecule has 1 aliphatic heterocycles. The number of hydrogen-bond acceptors (Lipinski definition) is 4. The summed E-state index contributed by atoms with van der Waals surface area (Å²) in [5.41, 5.74) is 2.13. The Balaban J connectivity index is 1.57. The maximum absolute atomic E-state index is 12.3. The number of nitrogens with zero attached hydrogens (tertiary/aromatic N) is 2. The number of nitrogens with one attached hydrogen (secondary N) is 2. The van der Waals surface area contributed by atoms with Crippen molar-refractivity contribution in [2.75, 3.05) is 21.9 Å². The molecule has 0 radical (unpaired) electrons. The van der Waals surface area contributed by atoms with E-state index in [2.05, 4.69) is 15.5 Å². The molecule has 1 aromatic heterocycles.